The number of halogens is 2. The summed E-state index contributed by atoms with van der Waals surface area (Å²) in [6.45, 7) is 6.17. The van der Waals surface area contributed by atoms with Gasteiger partial charge in [-0.3, -0.25) is 4.57 Å². The van der Waals surface area contributed by atoms with Gasteiger partial charge in [0.1, 0.15) is 5.82 Å². The van der Waals surface area contributed by atoms with Gasteiger partial charge in [-0.2, -0.15) is 8.78 Å². The lowest BCUT2D eigenvalue weighted by atomic mass is 10.0. The third-order valence-electron chi connectivity index (χ3n) is 5.40. The van der Waals surface area contributed by atoms with Crippen LogP contribution >= 0.6 is 0 Å². The van der Waals surface area contributed by atoms with Gasteiger partial charge in [0.05, 0.1) is 15.9 Å². The summed E-state index contributed by atoms with van der Waals surface area (Å²) in [4.78, 5) is 4.57. The Labute approximate surface area is 169 Å². The predicted molar refractivity (Wildman–Crippen MR) is 110 cm³/mol. The Balaban J connectivity index is 1.93. The topological polar surface area (TPSA) is 64.0 Å². The first-order valence-corrected chi connectivity index (χ1v) is 10.8. The number of fused-ring (bicyclic) bond motifs is 1. The zero-order valence-electron chi connectivity index (χ0n) is 17.1. The van der Waals surface area contributed by atoms with E-state index in [1.54, 1.807) is 45.0 Å². The first-order valence-electron chi connectivity index (χ1n) is 9.36. The fourth-order valence-corrected chi connectivity index (χ4v) is 5.34. The number of aromatic nitrogens is 2. The Hall–Kier alpha value is -2.32. The van der Waals surface area contributed by atoms with Gasteiger partial charge < -0.3 is 0 Å². The zero-order valence-corrected chi connectivity index (χ0v) is 17.9. The number of imidazole rings is 1. The molecule has 1 unspecified atom stereocenters. The van der Waals surface area contributed by atoms with Gasteiger partial charge in [0.2, 0.25) is 10.0 Å². The molecule has 8 heteroatoms. The maximum absolute atomic E-state index is 13.7. The molecule has 0 spiro atoms. The highest BCUT2D eigenvalue weighted by Gasteiger charge is 2.26. The molecule has 1 aromatic heterocycles. The van der Waals surface area contributed by atoms with Crippen LogP contribution in [0.2, 0.25) is 0 Å². The number of aryl methyl sites for hydroxylation is 2. The van der Waals surface area contributed by atoms with E-state index in [1.165, 1.54) is 0 Å². The molecule has 0 aliphatic heterocycles. The largest absolute Gasteiger partial charge is 0.320 e. The number of benzene rings is 2. The first-order chi connectivity index (χ1) is 13.5. The molecule has 3 rings (SSSR count). The van der Waals surface area contributed by atoms with E-state index in [9.17, 15) is 17.2 Å². The molecule has 1 N–H and O–H groups in total. The fraction of sp³-hybridized carbons (Fsp3) is 0.381. The predicted octanol–water partition coefficient (Wildman–Crippen LogP) is 4.75. The van der Waals surface area contributed by atoms with Gasteiger partial charge in [-0.15, -0.1) is 0 Å². The fourth-order valence-electron chi connectivity index (χ4n) is 3.60. The summed E-state index contributed by atoms with van der Waals surface area (Å²) in [6, 6.07) is 8.60. The number of sulfonamides is 1. The third-order valence-corrected chi connectivity index (χ3v) is 7.10. The van der Waals surface area contributed by atoms with Crippen LogP contribution in [0.3, 0.4) is 0 Å². The smallest absolute Gasteiger partial charge is 0.270 e. The number of hydrogen-bond donors (Lipinski definition) is 1. The molecule has 0 fully saturated rings. The van der Waals surface area contributed by atoms with Gasteiger partial charge in [0.15, 0.2) is 0 Å². The minimum atomic E-state index is -3.81. The van der Waals surface area contributed by atoms with Crippen LogP contribution in [0.15, 0.2) is 35.2 Å². The van der Waals surface area contributed by atoms with Gasteiger partial charge in [-0.25, -0.2) is 18.1 Å². The van der Waals surface area contributed by atoms with Crippen LogP contribution in [0.25, 0.3) is 11.0 Å². The van der Waals surface area contributed by atoms with Crippen LogP contribution in [0.5, 0.6) is 0 Å². The minimum absolute atomic E-state index is 0.0375. The standard InChI is InChI=1S/C21H25F2N3O2S/c1-12-10-13(2)16(5)19(15(12)4)29(27,28)24-11-14(3)20-25-17-8-6-7-9-18(17)26(20)21(22)23/h6-10,14,21,24H,11H2,1-5H3. The van der Waals surface area contributed by atoms with E-state index in [4.69, 9.17) is 0 Å². The summed E-state index contributed by atoms with van der Waals surface area (Å²) in [6.07, 6.45) is 0. The molecule has 0 aliphatic rings. The molecular weight excluding hydrogens is 396 g/mol. The molecule has 2 aromatic carbocycles. The van der Waals surface area contributed by atoms with Crippen molar-refractivity contribution in [1.29, 1.82) is 0 Å². The molecule has 0 radical (unpaired) electrons. The Bertz CT molecular complexity index is 1140. The van der Waals surface area contributed by atoms with Gasteiger partial charge in [-0.05, 0) is 62.1 Å². The normalized spacial score (nSPS) is 13.4. The number of alkyl halides is 2. The number of nitrogens with zero attached hydrogens (tertiary/aromatic N) is 2. The Kier molecular flexibility index (Phi) is 5.78. The first kappa shape index (κ1) is 21.4. The molecule has 0 bridgehead atoms. The van der Waals surface area contributed by atoms with Crippen molar-refractivity contribution in [3.05, 3.63) is 58.4 Å². The van der Waals surface area contributed by atoms with E-state index >= 15 is 0 Å². The zero-order chi connectivity index (χ0) is 21.5. The molecule has 0 amide bonds. The average Bonchev–Trinajstić information content (AvgIpc) is 3.04. The van der Waals surface area contributed by atoms with Crippen LogP contribution in [-0.4, -0.2) is 24.5 Å². The summed E-state index contributed by atoms with van der Waals surface area (Å²) >= 11 is 0. The Morgan fingerprint density at radius 1 is 1.07 bits per heavy atom. The Morgan fingerprint density at radius 3 is 2.24 bits per heavy atom. The lowest BCUT2D eigenvalue weighted by Gasteiger charge is -2.18. The van der Waals surface area contributed by atoms with E-state index in [0.717, 1.165) is 15.7 Å². The van der Waals surface area contributed by atoms with Crippen molar-refractivity contribution in [2.45, 2.75) is 52.0 Å². The second-order valence-corrected chi connectivity index (χ2v) is 9.15. The number of hydrogen-bond acceptors (Lipinski definition) is 3. The van der Waals surface area contributed by atoms with Crippen LogP contribution < -0.4 is 4.72 Å². The highest BCUT2D eigenvalue weighted by Crippen LogP contribution is 2.29. The van der Waals surface area contributed by atoms with Gasteiger partial charge in [-0.1, -0.05) is 25.1 Å². The highest BCUT2D eigenvalue weighted by atomic mass is 32.2. The molecule has 0 saturated carbocycles. The van der Waals surface area contributed by atoms with Crippen molar-refractivity contribution >= 4 is 21.1 Å². The van der Waals surface area contributed by atoms with Crippen molar-refractivity contribution in [2.24, 2.45) is 0 Å². The summed E-state index contributed by atoms with van der Waals surface area (Å²) in [5, 5.41) is 0. The van der Waals surface area contributed by atoms with Gasteiger partial charge >= 0.3 is 6.55 Å². The van der Waals surface area contributed by atoms with Crippen LogP contribution in [0.1, 0.15) is 47.5 Å². The number of rotatable bonds is 6. The molecule has 0 saturated heterocycles. The van der Waals surface area contributed by atoms with E-state index in [0.29, 0.717) is 22.2 Å². The second-order valence-electron chi connectivity index (χ2n) is 7.45. The molecular formula is C21H25F2N3O2S. The molecule has 1 heterocycles. The lowest BCUT2D eigenvalue weighted by Crippen LogP contribution is -2.30. The minimum Gasteiger partial charge on any atom is -0.270 e. The van der Waals surface area contributed by atoms with Crippen LogP contribution in [0.4, 0.5) is 8.78 Å². The number of para-hydroxylation sites is 2. The van der Waals surface area contributed by atoms with Crippen molar-refractivity contribution < 1.29 is 17.2 Å². The maximum Gasteiger partial charge on any atom is 0.320 e. The quantitative estimate of drug-likeness (QED) is 0.625. The van der Waals surface area contributed by atoms with Crippen molar-refractivity contribution in [1.82, 2.24) is 14.3 Å². The third kappa shape index (κ3) is 3.91. The molecule has 156 valence electrons. The maximum atomic E-state index is 13.7. The summed E-state index contributed by atoms with van der Waals surface area (Å²) in [5.41, 5.74) is 3.94. The van der Waals surface area contributed by atoms with Crippen LogP contribution in [0, 0.1) is 27.7 Å². The Morgan fingerprint density at radius 2 is 1.66 bits per heavy atom. The molecule has 0 aliphatic carbocycles. The average molecular weight is 422 g/mol. The van der Waals surface area contributed by atoms with Crippen molar-refractivity contribution in [3.63, 3.8) is 0 Å². The molecule has 1 atom stereocenters. The van der Waals surface area contributed by atoms with E-state index in [2.05, 4.69) is 9.71 Å². The monoisotopic (exact) mass is 421 g/mol. The molecule has 3 aromatic rings. The van der Waals surface area contributed by atoms with Crippen molar-refractivity contribution in [3.8, 4) is 0 Å². The summed E-state index contributed by atoms with van der Waals surface area (Å²) in [5.74, 6) is -0.393. The molecule has 29 heavy (non-hydrogen) atoms. The number of nitrogens with one attached hydrogen (secondary N) is 1. The van der Waals surface area contributed by atoms with Crippen LogP contribution in [-0.2, 0) is 10.0 Å². The van der Waals surface area contributed by atoms with Gasteiger partial charge in [0, 0.05) is 12.5 Å². The summed E-state index contributed by atoms with van der Waals surface area (Å²) < 4.78 is 56.8. The van der Waals surface area contributed by atoms with E-state index in [1.807, 2.05) is 19.9 Å². The van der Waals surface area contributed by atoms with E-state index in [-0.39, 0.29) is 17.3 Å². The SMILES string of the molecule is Cc1cc(C)c(C)c(S(=O)(=O)NCC(C)c2nc3ccccc3n2C(F)F)c1C. The highest BCUT2D eigenvalue weighted by molar-refractivity contribution is 7.89. The second kappa shape index (κ2) is 7.84. The lowest BCUT2D eigenvalue weighted by molar-refractivity contribution is 0.0705. The molecule has 5 nitrogen and oxygen atoms in total. The van der Waals surface area contributed by atoms with Gasteiger partial charge in [0.25, 0.3) is 0 Å². The van der Waals surface area contributed by atoms with Crippen molar-refractivity contribution in [2.75, 3.05) is 6.54 Å². The summed E-state index contributed by atoms with van der Waals surface area (Å²) in [7, 11) is -3.81. The van der Waals surface area contributed by atoms with E-state index < -0.39 is 22.5 Å².